The monoisotopic (exact) mass is 420 g/mol. The highest BCUT2D eigenvalue weighted by Crippen LogP contribution is 2.36. The van der Waals surface area contributed by atoms with E-state index < -0.39 is 6.10 Å². The van der Waals surface area contributed by atoms with Crippen LogP contribution in [0.1, 0.15) is 40.5 Å². The predicted molar refractivity (Wildman–Crippen MR) is 106 cm³/mol. The van der Waals surface area contributed by atoms with Crippen molar-refractivity contribution < 1.29 is 9.84 Å². The van der Waals surface area contributed by atoms with E-state index >= 15 is 0 Å². The summed E-state index contributed by atoms with van der Waals surface area (Å²) in [6.07, 6.45) is 3.52. The molecule has 1 aromatic heterocycles. The molecule has 0 amide bonds. The van der Waals surface area contributed by atoms with E-state index in [1.807, 2.05) is 44.5 Å². The van der Waals surface area contributed by atoms with Gasteiger partial charge in [0.05, 0.1) is 9.99 Å². The molecule has 1 saturated carbocycles. The van der Waals surface area contributed by atoms with E-state index in [-0.39, 0.29) is 5.92 Å². The fraction of sp³-hybridized carbons (Fsp3) is 0.526. The van der Waals surface area contributed by atoms with Gasteiger partial charge in [-0.1, -0.05) is 19.1 Å². The Morgan fingerprint density at radius 2 is 2.19 bits per heavy atom. The lowest BCUT2D eigenvalue weighted by Gasteiger charge is -2.18. The molecule has 1 aliphatic carbocycles. The second-order valence-corrected chi connectivity index (χ2v) is 7.87. The van der Waals surface area contributed by atoms with Crippen molar-refractivity contribution in [3.8, 4) is 5.75 Å². The number of aliphatic hydroxyl groups is 1. The Balaban J connectivity index is 1.92. The van der Waals surface area contributed by atoms with Crippen LogP contribution in [0.5, 0.6) is 5.75 Å². The summed E-state index contributed by atoms with van der Waals surface area (Å²) in [5.74, 6) is 1.97. The van der Waals surface area contributed by atoms with E-state index in [4.69, 9.17) is 4.74 Å². The van der Waals surface area contributed by atoms with Crippen molar-refractivity contribution in [2.75, 3.05) is 0 Å². The van der Waals surface area contributed by atoms with Crippen LogP contribution in [-0.2, 0) is 6.54 Å². The summed E-state index contributed by atoms with van der Waals surface area (Å²) in [5.41, 5.74) is 2.31. The first-order valence-corrected chi connectivity index (χ1v) is 9.78. The molecule has 26 heavy (non-hydrogen) atoms. The largest absolute Gasteiger partial charge is 0.459 e. The molecule has 1 heterocycles. The highest BCUT2D eigenvalue weighted by Gasteiger charge is 2.24. The minimum Gasteiger partial charge on any atom is -0.459 e. The Kier molecular flexibility index (Phi) is 5.77. The van der Waals surface area contributed by atoms with Gasteiger partial charge < -0.3 is 9.84 Å². The Bertz CT molecular complexity index is 853. The smallest absolute Gasteiger partial charge is 0.143 e. The van der Waals surface area contributed by atoms with Crippen LogP contribution in [0.3, 0.4) is 0 Å². The Morgan fingerprint density at radius 1 is 1.46 bits per heavy atom. The zero-order valence-corrected chi connectivity index (χ0v) is 17.2. The van der Waals surface area contributed by atoms with Crippen molar-refractivity contribution in [1.82, 2.24) is 15.0 Å². The van der Waals surface area contributed by atoms with Crippen LogP contribution in [0.4, 0.5) is 0 Å². The Labute approximate surface area is 162 Å². The van der Waals surface area contributed by atoms with E-state index in [0.29, 0.717) is 17.2 Å². The van der Waals surface area contributed by atoms with Crippen LogP contribution in [-0.4, -0.2) is 32.4 Å². The van der Waals surface area contributed by atoms with Gasteiger partial charge in [-0.2, -0.15) is 0 Å². The molecule has 1 N–H and O–H groups in total. The molecule has 0 saturated heterocycles. The Morgan fingerprint density at radius 3 is 2.81 bits per heavy atom. The quantitative estimate of drug-likeness (QED) is 0.534. The molecule has 0 bridgehead atoms. The minimum absolute atomic E-state index is 0.0421. The van der Waals surface area contributed by atoms with E-state index in [9.17, 15) is 5.11 Å². The number of aliphatic hydroxyl groups excluding tert-OH is 1. The normalized spacial score (nSPS) is 17.2. The summed E-state index contributed by atoms with van der Waals surface area (Å²) in [6, 6.07) is 3.88. The number of aliphatic imine (C=N–C) groups is 1. The maximum atomic E-state index is 10.4. The summed E-state index contributed by atoms with van der Waals surface area (Å²) in [7, 11) is 0. The first-order valence-electron chi connectivity index (χ1n) is 8.99. The molecule has 0 radical (unpaired) electrons. The zero-order chi connectivity index (χ0) is 18.8. The number of halogens is 1. The summed E-state index contributed by atoms with van der Waals surface area (Å²) in [6.45, 7) is 8.44. The lowest BCUT2D eigenvalue weighted by atomic mass is 10.0. The SMILES string of the molecule is CC=N/C(=C(\C)Oc1ccc2c(nnn2CC2CC2)c1Br)C(O)C(C)C. The zero-order valence-electron chi connectivity index (χ0n) is 15.6. The molecule has 0 spiro atoms. The van der Waals surface area contributed by atoms with Crippen LogP contribution in [0.15, 0.2) is 33.1 Å². The number of benzene rings is 1. The number of nitrogens with zero attached hydrogens (tertiary/aromatic N) is 4. The first-order chi connectivity index (χ1) is 12.4. The highest BCUT2D eigenvalue weighted by molar-refractivity contribution is 9.10. The summed E-state index contributed by atoms with van der Waals surface area (Å²) >= 11 is 3.60. The van der Waals surface area contributed by atoms with Crippen LogP contribution in [0, 0.1) is 11.8 Å². The minimum atomic E-state index is -0.687. The van der Waals surface area contributed by atoms with Gasteiger partial charge in [0.2, 0.25) is 0 Å². The molecule has 0 aliphatic heterocycles. The van der Waals surface area contributed by atoms with Gasteiger partial charge in [-0.05, 0) is 66.6 Å². The highest BCUT2D eigenvalue weighted by atomic mass is 79.9. The predicted octanol–water partition coefficient (Wildman–Crippen LogP) is 4.32. The topological polar surface area (TPSA) is 72.5 Å². The average Bonchev–Trinajstić information content (AvgIpc) is 3.33. The van der Waals surface area contributed by atoms with Crippen LogP contribution >= 0.6 is 15.9 Å². The number of hydrogen-bond donors (Lipinski definition) is 1. The molecule has 140 valence electrons. The molecule has 6 nitrogen and oxygen atoms in total. The molecule has 1 aromatic carbocycles. The number of ether oxygens (including phenoxy) is 1. The second-order valence-electron chi connectivity index (χ2n) is 7.08. The number of aromatic nitrogens is 3. The molecule has 3 rings (SSSR count). The van der Waals surface area contributed by atoms with Crippen molar-refractivity contribution in [3.05, 3.63) is 28.1 Å². The van der Waals surface area contributed by atoms with Gasteiger partial charge in [-0.15, -0.1) is 5.10 Å². The molecule has 2 aromatic rings. The first kappa shape index (κ1) is 19.0. The van der Waals surface area contributed by atoms with Gasteiger partial charge >= 0.3 is 0 Å². The third-order valence-corrected chi connectivity index (χ3v) is 5.29. The van der Waals surface area contributed by atoms with Gasteiger partial charge in [0.15, 0.2) is 0 Å². The standard InChI is InChI=1S/C19H25BrN4O2/c1-5-21-17(19(25)11(2)3)12(4)26-15-9-8-14-18(16(15)20)22-23-24(14)10-13-6-7-13/h5,8-9,11,13,19,25H,6-7,10H2,1-4H3/b17-12+,21-5?. The number of allylic oxidation sites excluding steroid dienone is 1. The van der Waals surface area contributed by atoms with E-state index in [2.05, 4.69) is 31.2 Å². The summed E-state index contributed by atoms with van der Waals surface area (Å²) in [5, 5.41) is 19.0. The third-order valence-electron chi connectivity index (χ3n) is 4.52. The Hall–Kier alpha value is -1.73. The number of rotatable bonds is 7. The summed E-state index contributed by atoms with van der Waals surface area (Å²) in [4.78, 5) is 4.31. The van der Waals surface area contributed by atoms with Crippen LogP contribution in [0.25, 0.3) is 11.0 Å². The van der Waals surface area contributed by atoms with Gasteiger partial charge in [-0.3, -0.25) is 4.99 Å². The molecule has 1 fully saturated rings. The number of hydrogen-bond acceptors (Lipinski definition) is 5. The van der Waals surface area contributed by atoms with Gasteiger partial charge in [-0.25, -0.2) is 4.68 Å². The second kappa shape index (κ2) is 7.88. The third kappa shape index (κ3) is 3.99. The maximum Gasteiger partial charge on any atom is 0.143 e. The van der Waals surface area contributed by atoms with Crippen LogP contribution < -0.4 is 4.74 Å². The van der Waals surface area contributed by atoms with E-state index in [1.165, 1.54) is 12.8 Å². The van der Waals surface area contributed by atoms with Gasteiger partial charge in [0.25, 0.3) is 0 Å². The lowest BCUT2D eigenvalue weighted by Crippen LogP contribution is -2.19. The summed E-state index contributed by atoms with van der Waals surface area (Å²) < 4.78 is 8.74. The molecular formula is C19H25BrN4O2. The fourth-order valence-corrected chi connectivity index (χ4v) is 3.29. The van der Waals surface area contributed by atoms with Crippen molar-refractivity contribution in [3.63, 3.8) is 0 Å². The molecule has 7 heteroatoms. The molecule has 1 unspecified atom stereocenters. The number of fused-ring (bicyclic) bond motifs is 1. The van der Waals surface area contributed by atoms with Crippen molar-refractivity contribution in [1.29, 1.82) is 0 Å². The molecule has 1 aliphatic rings. The molecular weight excluding hydrogens is 396 g/mol. The fourth-order valence-electron chi connectivity index (χ4n) is 2.79. The van der Waals surface area contributed by atoms with E-state index in [1.54, 1.807) is 6.21 Å². The van der Waals surface area contributed by atoms with Gasteiger partial charge in [0.1, 0.15) is 28.8 Å². The van der Waals surface area contributed by atoms with Gasteiger partial charge in [0, 0.05) is 12.8 Å². The van der Waals surface area contributed by atoms with Crippen molar-refractivity contribution in [2.24, 2.45) is 16.8 Å². The van der Waals surface area contributed by atoms with Crippen molar-refractivity contribution in [2.45, 2.75) is 53.2 Å². The average molecular weight is 421 g/mol. The van der Waals surface area contributed by atoms with Crippen LogP contribution in [0.2, 0.25) is 0 Å². The van der Waals surface area contributed by atoms with E-state index in [0.717, 1.165) is 28.0 Å². The lowest BCUT2D eigenvalue weighted by molar-refractivity contribution is 0.153. The maximum absolute atomic E-state index is 10.4. The van der Waals surface area contributed by atoms with Crippen molar-refractivity contribution >= 4 is 33.2 Å². The molecule has 1 atom stereocenters.